The Morgan fingerprint density at radius 3 is 2.57 bits per heavy atom. The first-order chi connectivity index (χ1) is 13.4. The van der Waals surface area contributed by atoms with Crippen LogP contribution in [0.5, 0.6) is 5.75 Å². The molecular formula is C21H26N2O4S. The SMILES string of the molecule is CCCOc1ccc(S(=O)(=O)Nc2ccc3c(c2)CCCN3C(=O)CC)cc1. The topological polar surface area (TPSA) is 75.7 Å². The third kappa shape index (κ3) is 4.47. The van der Waals surface area contributed by atoms with Crippen LogP contribution in [-0.2, 0) is 21.2 Å². The molecule has 0 saturated heterocycles. The fourth-order valence-electron chi connectivity index (χ4n) is 3.26. The van der Waals surface area contributed by atoms with Crippen molar-refractivity contribution in [3.63, 3.8) is 0 Å². The lowest BCUT2D eigenvalue weighted by Gasteiger charge is -2.29. The zero-order valence-electron chi connectivity index (χ0n) is 16.3. The van der Waals surface area contributed by atoms with E-state index in [1.165, 1.54) is 12.1 Å². The summed E-state index contributed by atoms with van der Waals surface area (Å²) in [6.45, 7) is 5.16. The van der Waals surface area contributed by atoms with Gasteiger partial charge in [0.1, 0.15) is 5.75 Å². The maximum atomic E-state index is 12.7. The van der Waals surface area contributed by atoms with Gasteiger partial charge in [0.05, 0.1) is 11.5 Å². The zero-order valence-corrected chi connectivity index (χ0v) is 17.1. The molecule has 150 valence electrons. The number of benzene rings is 2. The summed E-state index contributed by atoms with van der Waals surface area (Å²) < 4.78 is 33.5. The van der Waals surface area contributed by atoms with Crippen LogP contribution in [0, 0.1) is 0 Å². The predicted octanol–water partition coefficient (Wildman–Crippen LogP) is 3.97. The molecule has 1 aliphatic rings. The van der Waals surface area contributed by atoms with Crippen molar-refractivity contribution in [2.24, 2.45) is 0 Å². The lowest BCUT2D eigenvalue weighted by molar-refractivity contribution is -0.118. The van der Waals surface area contributed by atoms with Gasteiger partial charge in [0.2, 0.25) is 5.91 Å². The van der Waals surface area contributed by atoms with Crippen LogP contribution < -0.4 is 14.4 Å². The van der Waals surface area contributed by atoms with Crippen LogP contribution in [0.2, 0.25) is 0 Å². The average Bonchev–Trinajstić information content (AvgIpc) is 2.71. The van der Waals surface area contributed by atoms with E-state index in [0.29, 0.717) is 31.0 Å². The molecule has 0 bridgehead atoms. The van der Waals surface area contributed by atoms with E-state index in [2.05, 4.69) is 4.72 Å². The number of sulfonamides is 1. The second-order valence-electron chi connectivity index (χ2n) is 6.77. The molecule has 1 heterocycles. The Bertz CT molecular complexity index is 939. The summed E-state index contributed by atoms with van der Waals surface area (Å²) in [5, 5.41) is 0. The van der Waals surface area contributed by atoms with Crippen molar-refractivity contribution in [3.05, 3.63) is 48.0 Å². The van der Waals surface area contributed by atoms with E-state index in [-0.39, 0.29) is 10.8 Å². The minimum atomic E-state index is -3.70. The standard InChI is InChI=1S/C21H26N2O4S/c1-3-14-27-18-8-10-19(11-9-18)28(25,26)22-17-7-12-20-16(15-17)6-5-13-23(20)21(24)4-2/h7-12,15,22H,3-6,13-14H2,1-2H3. The maximum absolute atomic E-state index is 12.7. The minimum Gasteiger partial charge on any atom is -0.494 e. The highest BCUT2D eigenvalue weighted by Crippen LogP contribution is 2.31. The van der Waals surface area contributed by atoms with Crippen molar-refractivity contribution in [2.45, 2.75) is 44.4 Å². The van der Waals surface area contributed by atoms with Crippen LogP contribution in [0.1, 0.15) is 38.7 Å². The van der Waals surface area contributed by atoms with Crippen LogP contribution in [-0.4, -0.2) is 27.5 Å². The number of ether oxygens (including phenoxy) is 1. The van der Waals surface area contributed by atoms with Gasteiger partial charge in [-0.05, 0) is 67.3 Å². The van der Waals surface area contributed by atoms with Crippen molar-refractivity contribution >= 4 is 27.3 Å². The summed E-state index contributed by atoms with van der Waals surface area (Å²) in [5.74, 6) is 0.731. The van der Waals surface area contributed by atoms with Gasteiger partial charge in [0.15, 0.2) is 0 Å². The van der Waals surface area contributed by atoms with Gasteiger partial charge in [-0.3, -0.25) is 9.52 Å². The van der Waals surface area contributed by atoms with Gasteiger partial charge in [-0.2, -0.15) is 0 Å². The molecule has 2 aromatic carbocycles. The Morgan fingerprint density at radius 1 is 1.14 bits per heavy atom. The van der Waals surface area contributed by atoms with E-state index in [4.69, 9.17) is 4.74 Å². The number of fused-ring (bicyclic) bond motifs is 1. The molecule has 1 N–H and O–H groups in total. The van der Waals surface area contributed by atoms with Gasteiger partial charge in [0, 0.05) is 24.3 Å². The Balaban J connectivity index is 1.78. The van der Waals surface area contributed by atoms with Crippen LogP contribution >= 0.6 is 0 Å². The number of hydrogen-bond donors (Lipinski definition) is 1. The van der Waals surface area contributed by atoms with Gasteiger partial charge in [-0.25, -0.2) is 8.42 Å². The highest BCUT2D eigenvalue weighted by molar-refractivity contribution is 7.92. The van der Waals surface area contributed by atoms with E-state index in [9.17, 15) is 13.2 Å². The highest BCUT2D eigenvalue weighted by Gasteiger charge is 2.22. The van der Waals surface area contributed by atoms with E-state index < -0.39 is 10.0 Å². The molecule has 0 atom stereocenters. The average molecular weight is 403 g/mol. The number of nitrogens with zero attached hydrogens (tertiary/aromatic N) is 1. The number of aryl methyl sites for hydroxylation is 1. The molecule has 3 rings (SSSR count). The quantitative estimate of drug-likeness (QED) is 0.760. The number of rotatable bonds is 7. The summed E-state index contributed by atoms with van der Waals surface area (Å²) >= 11 is 0. The summed E-state index contributed by atoms with van der Waals surface area (Å²) in [4.78, 5) is 14.1. The van der Waals surface area contributed by atoms with Crippen LogP contribution in [0.15, 0.2) is 47.4 Å². The fraction of sp³-hybridized carbons (Fsp3) is 0.381. The second kappa shape index (κ2) is 8.65. The van der Waals surface area contributed by atoms with Crippen molar-refractivity contribution < 1.29 is 17.9 Å². The summed E-state index contributed by atoms with van der Waals surface area (Å²) in [6, 6.07) is 11.7. The van der Waals surface area contributed by atoms with Crippen molar-refractivity contribution in [3.8, 4) is 5.75 Å². The molecule has 6 nitrogen and oxygen atoms in total. The number of amides is 1. The predicted molar refractivity (Wildman–Crippen MR) is 110 cm³/mol. The highest BCUT2D eigenvalue weighted by atomic mass is 32.2. The largest absolute Gasteiger partial charge is 0.494 e. The second-order valence-corrected chi connectivity index (χ2v) is 8.45. The van der Waals surface area contributed by atoms with Gasteiger partial charge < -0.3 is 9.64 Å². The summed E-state index contributed by atoms with van der Waals surface area (Å²) in [6.07, 6.45) is 3.03. The molecule has 28 heavy (non-hydrogen) atoms. The zero-order chi connectivity index (χ0) is 20.1. The monoisotopic (exact) mass is 402 g/mol. The van der Waals surface area contributed by atoms with Crippen molar-refractivity contribution in [1.29, 1.82) is 0 Å². The molecule has 2 aromatic rings. The van der Waals surface area contributed by atoms with Crippen molar-refractivity contribution in [2.75, 3.05) is 22.8 Å². The molecule has 0 fully saturated rings. The molecule has 0 unspecified atom stereocenters. The fourth-order valence-corrected chi connectivity index (χ4v) is 4.31. The maximum Gasteiger partial charge on any atom is 0.261 e. The molecule has 0 spiro atoms. The number of hydrogen-bond acceptors (Lipinski definition) is 4. The first-order valence-corrected chi connectivity index (χ1v) is 11.1. The molecule has 1 aliphatic heterocycles. The lowest BCUT2D eigenvalue weighted by Crippen LogP contribution is -2.34. The first kappa shape index (κ1) is 20.2. The molecule has 0 radical (unpaired) electrons. The third-order valence-corrected chi connectivity index (χ3v) is 6.06. The number of nitrogens with one attached hydrogen (secondary N) is 1. The van der Waals surface area contributed by atoms with E-state index in [1.54, 1.807) is 23.1 Å². The normalized spacial score (nSPS) is 13.7. The first-order valence-electron chi connectivity index (χ1n) is 9.63. The molecule has 7 heteroatoms. The van der Waals surface area contributed by atoms with Crippen LogP contribution in [0.4, 0.5) is 11.4 Å². The molecular weight excluding hydrogens is 376 g/mol. The van der Waals surface area contributed by atoms with Gasteiger partial charge in [0.25, 0.3) is 10.0 Å². The number of carbonyl (C=O) groups excluding carboxylic acids is 1. The smallest absolute Gasteiger partial charge is 0.261 e. The molecule has 0 saturated carbocycles. The van der Waals surface area contributed by atoms with Gasteiger partial charge in [-0.1, -0.05) is 13.8 Å². The Labute approximate surface area is 166 Å². The van der Waals surface area contributed by atoms with Gasteiger partial charge >= 0.3 is 0 Å². The van der Waals surface area contributed by atoms with E-state index in [1.807, 2.05) is 26.0 Å². The number of anilines is 2. The Kier molecular flexibility index (Phi) is 6.24. The lowest BCUT2D eigenvalue weighted by atomic mass is 10.0. The van der Waals surface area contributed by atoms with Gasteiger partial charge in [-0.15, -0.1) is 0 Å². The Hall–Kier alpha value is -2.54. The molecule has 0 aromatic heterocycles. The molecule has 0 aliphatic carbocycles. The van der Waals surface area contributed by atoms with E-state index in [0.717, 1.165) is 30.5 Å². The third-order valence-electron chi connectivity index (χ3n) is 4.66. The number of carbonyl (C=O) groups is 1. The van der Waals surface area contributed by atoms with E-state index >= 15 is 0 Å². The summed E-state index contributed by atoms with van der Waals surface area (Å²) in [5.41, 5.74) is 2.35. The molecule has 1 amide bonds. The Morgan fingerprint density at radius 2 is 1.89 bits per heavy atom. The minimum absolute atomic E-state index is 0.0830. The summed E-state index contributed by atoms with van der Waals surface area (Å²) in [7, 11) is -3.70. The van der Waals surface area contributed by atoms with Crippen LogP contribution in [0.3, 0.4) is 0 Å². The van der Waals surface area contributed by atoms with Crippen molar-refractivity contribution in [1.82, 2.24) is 0 Å². The van der Waals surface area contributed by atoms with Crippen LogP contribution in [0.25, 0.3) is 0 Å².